The van der Waals surface area contributed by atoms with Crippen LogP contribution in [0.25, 0.3) is 0 Å². The molecule has 1 unspecified atom stereocenters. The van der Waals surface area contributed by atoms with Crippen molar-refractivity contribution in [2.24, 2.45) is 10.9 Å². The van der Waals surface area contributed by atoms with E-state index in [1.54, 1.807) is 32.6 Å². The second kappa shape index (κ2) is 14.4. The maximum absolute atomic E-state index is 13.9. The molecule has 0 radical (unpaired) electrons. The number of aromatic hydroxyl groups is 1. The van der Waals surface area contributed by atoms with Crippen LogP contribution in [0.2, 0.25) is 0 Å². The summed E-state index contributed by atoms with van der Waals surface area (Å²) in [6, 6.07) is 14.6. The van der Waals surface area contributed by atoms with E-state index in [0.29, 0.717) is 17.5 Å². The minimum Gasteiger partial charge on any atom is -0.507 e. The highest BCUT2D eigenvalue weighted by molar-refractivity contribution is 5.84. The smallest absolute Gasteiger partial charge is 0.137 e. The molecule has 3 rings (SSSR count). The van der Waals surface area contributed by atoms with Gasteiger partial charge in [0.25, 0.3) is 0 Å². The van der Waals surface area contributed by atoms with E-state index in [4.69, 9.17) is 14.5 Å². The molecule has 2 N–H and O–H groups in total. The lowest BCUT2D eigenvalue weighted by Crippen LogP contribution is -2.42. The summed E-state index contributed by atoms with van der Waals surface area (Å²) < 4.78 is 12.3. The Morgan fingerprint density at radius 1 is 0.700 bits per heavy atom. The summed E-state index contributed by atoms with van der Waals surface area (Å²) in [5.74, 6) is 1.81. The summed E-state index contributed by atoms with van der Waals surface area (Å²) in [7, 11) is 3.43. The molecule has 0 spiro atoms. The number of benzene rings is 3. The van der Waals surface area contributed by atoms with Crippen LogP contribution in [0.1, 0.15) is 148 Å². The lowest BCUT2D eigenvalue weighted by Gasteiger charge is -2.40. The zero-order valence-corrected chi connectivity index (χ0v) is 33.6. The summed E-state index contributed by atoms with van der Waals surface area (Å²) in [4.78, 5) is 5.14. The molecule has 50 heavy (non-hydrogen) atoms. The number of phenols is 1. The average Bonchev–Trinajstić information content (AvgIpc) is 2.99. The zero-order chi connectivity index (χ0) is 38.2. The van der Waals surface area contributed by atoms with E-state index in [0.717, 1.165) is 44.9 Å². The van der Waals surface area contributed by atoms with Gasteiger partial charge in [-0.25, -0.2) is 0 Å². The third kappa shape index (κ3) is 8.55. The molecular weight excluding hydrogens is 620 g/mol. The van der Waals surface area contributed by atoms with Crippen molar-refractivity contribution in [2.45, 2.75) is 137 Å². The molecule has 3 aromatic carbocycles. The number of rotatable bonds is 9. The minimum absolute atomic E-state index is 0.0172. The SMILES string of the molecule is COc1c(C(C)(C)C)cc(C(O)(c2cc(C(C)(C)C)c(OC)c(C(C)(C)C)c2)C(CC(C)C)N=Cc2cc(C#N)ccc2O)cc1C(C)(C)C. The van der Waals surface area contributed by atoms with Crippen LogP contribution in [-0.4, -0.2) is 36.7 Å². The zero-order valence-electron chi connectivity index (χ0n) is 33.6. The molecule has 0 saturated carbocycles. The van der Waals surface area contributed by atoms with Crippen molar-refractivity contribution in [1.29, 1.82) is 5.26 Å². The Morgan fingerprint density at radius 3 is 1.38 bits per heavy atom. The molecule has 6 nitrogen and oxygen atoms in total. The van der Waals surface area contributed by atoms with E-state index < -0.39 is 11.6 Å². The van der Waals surface area contributed by atoms with Crippen molar-refractivity contribution in [3.63, 3.8) is 0 Å². The fraction of sp³-hybridized carbons (Fsp3) is 0.545. The van der Waals surface area contributed by atoms with Crippen molar-refractivity contribution >= 4 is 6.21 Å². The predicted molar refractivity (Wildman–Crippen MR) is 207 cm³/mol. The van der Waals surface area contributed by atoms with Crippen molar-refractivity contribution in [3.8, 4) is 23.3 Å². The molecule has 0 fully saturated rings. The van der Waals surface area contributed by atoms with E-state index in [1.165, 1.54) is 6.07 Å². The highest BCUT2D eigenvalue weighted by atomic mass is 16.5. The number of nitriles is 1. The lowest BCUT2D eigenvalue weighted by molar-refractivity contribution is 0.0447. The summed E-state index contributed by atoms with van der Waals surface area (Å²) in [5.41, 5.74) is 3.37. The van der Waals surface area contributed by atoms with E-state index >= 15 is 0 Å². The number of ether oxygens (including phenoxy) is 2. The fourth-order valence-electron chi connectivity index (χ4n) is 6.60. The topological polar surface area (TPSA) is 95.1 Å². The van der Waals surface area contributed by atoms with Crippen LogP contribution >= 0.6 is 0 Å². The van der Waals surface area contributed by atoms with Crippen LogP contribution in [-0.2, 0) is 27.3 Å². The van der Waals surface area contributed by atoms with Crippen molar-refractivity contribution in [1.82, 2.24) is 0 Å². The first-order valence-corrected chi connectivity index (χ1v) is 17.8. The van der Waals surface area contributed by atoms with E-state index in [1.807, 2.05) is 0 Å². The number of aliphatic imine (C=N–C) groups is 1. The molecule has 0 aliphatic carbocycles. The molecule has 0 aliphatic rings. The minimum atomic E-state index is -1.64. The maximum Gasteiger partial charge on any atom is 0.137 e. The van der Waals surface area contributed by atoms with Crippen LogP contribution in [0.15, 0.2) is 47.5 Å². The second-order valence-corrected chi connectivity index (χ2v) is 18.3. The van der Waals surface area contributed by atoms with Gasteiger partial charge >= 0.3 is 0 Å². The molecule has 1 atom stereocenters. The van der Waals surface area contributed by atoms with Gasteiger partial charge in [-0.05, 0) is 87.6 Å². The highest BCUT2D eigenvalue weighted by Crippen LogP contribution is 2.49. The summed E-state index contributed by atoms with van der Waals surface area (Å²) in [6.45, 7) is 30.2. The number of hydrogen-bond donors (Lipinski definition) is 2. The van der Waals surface area contributed by atoms with Crippen LogP contribution < -0.4 is 9.47 Å². The average molecular weight is 683 g/mol. The molecule has 272 valence electrons. The van der Waals surface area contributed by atoms with Crippen molar-refractivity contribution in [2.75, 3.05) is 14.2 Å². The van der Waals surface area contributed by atoms with Gasteiger partial charge in [0.15, 0.2) is 0 Å². The Balaban J connectivity index is 2.68. The highest BCUT2D eigenvalue weighted by Gasteiger charge is 2.44. The van der Waals surface area contributed by atoms with Crippen LogP contribution in [0, 0.1) is 17.2 Å². The second-order valence-electron chi connectivity index (χ2n) is 18.3. The molecule has 0 aromatic heterocycles. The normalized spacial score (nSPS) is 13.9. The third-order valence-corrected chi connectivity index (χ3v) is 9.43. The first-order valence-electron chi connectivity index (χ1n) is 17.8. The molecule has 0 saturated heterocycles. The van der Waals surface area contributed by atoms with Crippen LogP contribution in [0.3, 0.4) is 0 Å². The fourth-order valence-corrected chi connectivity index (χ4v) is 6.60. The Labute approximate surface area is 302 Å². The van der Waals surface area contributed by atoms with Crippen molar-refractivity contribution in [3.05, 3.63) is 87.0 Å². The molecule has 0 amide bonds. The van der Waals surface area contributed by atoms with Gasteiger partial charge < -0.3 is 19.7 Å². The van der Waals surface area contributed by atoms with Gasteiger partial charge in [-0.3, -0.25) is 4.99 Å². The number of phenolic OH excluding ortho intramolecular Hbond substituents is 1. The largest absolute Gasteiger partial charge is 0.507 e. The summed E-state index contributed by atoms with van der Waals surface area (Å²) in [5, 5.41) is 34.3. The van der Waals surface area contributed by atoms with Gasteiger partial charge in [0, 0.05) is 34.0 Å². The van der Waals surface area contributed by atoms with Gasteiger partial charge in [-0.1, -0.05) is 96.9 Å². The van der Waals surface area contributed by atoms with Gasteiger partial charge in [0.05, 0.1) is 31.9 Å². The Bertz CT molecular complexity index is 1600. The van der Waals surface area contributed by atoms with Crippen LogP contribution in [0.4, 0.5) is 0 Å². The number of hydrogen-bond acceptors (Lipinski definition) is 6. The predicted octanol–water partition coefficient (Wildman–Crippen LogP) is 10.2. The maximum atomic E-state index is 13.9. The number of nitrogens with zero attached hydrogens (tertiary/aromatic N) is 2. The Hall–Kier alpha value is -3.82. The third-order valence-electron chi connectivity index (χ3n) is 9.43. The van der Waals surface area contributed by atoms with Gasteiger partial charge in [-0.2, -0.15) is 5.26 Å². The Kier molecular flexibility index (Phi) is 11.7. The van der Waals surface area contributed by atoms with Crippen molar-refractivity contribution < 1.29 is 19.7 Å². The molecular formula is C44H62N2O4. The summed E-state index contributed by atoms with van der Waals surface area (Å²) in [6.07, 6.45) is 2.14. The lowest BCUT2D eigenvalue weighted by atomic mass is 9.70. The van der Waals surface area contributed by atoms with E-state index in [-0.39, 0.29) is 33.3 Å². The van der Waals surface area contributed by atoms with Gasteiger partial charge in [0.2, 0.25) is 0 Å². The Morgan fingerprint density at radius 2 is 1.08 bits per heavy atom. The first-order chi connectivity index (χ1) is 22.8. The molecule has 0 heterocycles. The van der Waals surface area contributed by atoms with Gasteiger partial charge in [0.1, 0.15) is 22.8 Å². The number of methoxy groups -OCH3 is 2. The number of aliphatic hydroxyl groups is 1. The molecule has 0 bridgehead atoms. The van der Waals surface area contributed by atoms with E-state index in [2.05, 4.69) is 127 Å². The first kappa shape index (κ1) is 40.6. The molecule has 3 aromatic rings. The standard InChI is InChI=1S/C44H62N2O4/c1-27(2)19-37(46-26-29-20-28(25-45)17-18-36(29)47)44(48,30-21-32(40(3,4)5)38(49-15)33(22-30)41(6,7)8)31-23-34(42(9,10)11)39(50-16)35(24-31)43(12,13)14/h17-18,20-24,26-27,37,47-48H,19H2,1-16H3. The monoisotopic (exact) mass is 682 g/mol. The quantitative estimate of drug-likeness (QED) is 0.219. The van der Waals surface area contributed by atoms with Gasteiger partial charge in [-0.15, -0.1) is 0 Å². The summed E-state index contributed by atoms with van der Waals surface area (Å²) >= 11 is 0. The van der Waals surface area contributed by atoms with E-state index in [9.17, 15) is 15.5 Å². The molecule has 6 heteroatoms. The molecule has 0 aliphatic heterocycles. The van der Waals surface area contributed by atoms with Crippen LogP contribution in [0.5, 0.6) is 17.2 Å².